The largest absolute Gasteiger partial charge is 0.378 e. The van der Waals surface area contributed by atoms with Gasteiger partial charge in [-0.05, 0) is 37.8 Å². The fourth-order valence-corrected chi connectivity index (χ4v) is 1.52. The maximum Gasteiger partial charge on any atom is 0.140 e. The van der Waals surface area contributed by atoms with Gasteiger partial charge in [0.2, 0.25) is 0 Å². The number of benzene rings is 1. The first-order valence-corrected chi connectivity index (χ1v) is 6.22. The predicted octanol–water partition coefficient (Wildman–Crippen LogP) is 2.22. The highest BCUT2D eigenvalue weighted by molar-refractivity contribution is 7.98. The fraction of sp³-hybridized carbons (Fsp3) is 0.385. The van der Waals surface area contributed by atoms with Crippen LogP contribution in [0.1, 0.15) is 25.5 Å². The zero-order chi connectivity index (χ0) is 12.2. The summed E-state index contributed by atoms with van der Waals surface area (Å²) in [5.41, 5.74) is -0.324. The number of aliphatic hydroxyl groups is 2. The van der Waals surface area contributed by atoms with E-state index in [9.17, 15) is 10.2 Å². The Labute approximate surface area is 101 Å². The number of hydrogen-bond acceptors (Lipinski definition) is 3. The molecular formula is C13H16O2S. The molecule has 0 aliphatic heterocycles. The summed E-state index contributed by atoms with van der Waals surface area (Å²) in [4.78, 5) is 1.14. The molecule has 2 N–H and O–H groups in total. The zero-order valence-electron chi connectivity index (χ0n) is 9.69. The second-order valence-corrected chi connectivity index (χ2v) is 4.88. The van der Waals surface area contributed by atoms with Gasteiger partial charge in [-0.3, -0.25) is 0 Å². The van der Waals surface area contributed by atoms with E-state index in [-0.39, 0.29) is 0 Å². The second kappa shape index (κ2) is 5.40. The van der Waals surface area contributed by atoms with Crippen LogP contribution >= 0.6 is 11.8 Å². The molecule has 1 aromatic rings. The van der Waals surface area contributed by atoms with E-state index in [0.717, 1.165) is 10.5 Å². The van der Waals surface area contributed by atoms with E-state index in [1.54, 1.807) is 25.6 Å². The Morgan fingerprint density at radius 3 is 2.25 bits per heavy atom. The maximum atomic E-state index is 9.76. The highest BCUT2D eigenvalue weighted by Gasteiger charge is 2.08. The van der Waals surface area contributed by atoms with Crippen molar-refractivity contribution in [2.24, 2.45) is 0 Å². The molecule has 0 aliphatic carbocycles. The van der Waals surface area contributed by atoms with Gasteiger partial charge in [0.05, 0.1) is 0 Å². The van der Waals surface area contributed by atoms with Gasteiger partial charge in [-0.1, -0.05) is 24.0 Å². The van der Waals surface area contributed by atoms with E-state index in [0.29, 0.717) is 0 Å². The summed E-state index contributed by atoms with van der Waals surface area (Å²) >= 11 is 1.65. The van der Waals surface area contributed by atoms with Crippen molar-refractivity contribution in [1.82, 2.24) is 0 Å². The van der Waals surface area contributed by atoms with E-state index in [1.807, 2.05) is 30.5 Å². The van der Waals surface area contributed by atoms with Crippen LogP contribution in [-0.2, 0) is 0 Å². The molecule has 0 heterocycles. The van der Waals surface area contributed by atoms with Crippen molar-refractivity contribution >= 4 is 11.8 Å². The minimum absolute atomic E-state index is 0.745. The molecule has 0 radical (unpaired) electrons. The van der Waals surface area contributed by atoms with Crippen molar-refractivity contribution in [3.8, 4) is 11.8 Å². The normalized spacial score (nSPS) is 12.8. The van der Waals surface area contributed by atoms with Gasteiger partial charge >= 0.3 is 0 Å². The first-order chi connectivity index (χ1) is 7.42. The summed E-state index contributed by atoms with van der Waals surface area (Å²) < 4.78 is 0. The van der Waals surface area contributed by atoms with Gasteiger partial charge in [0.15, 0.2) is 0 Å². The molecule has 0 saturated carbocycles. The molecular weight excluding hydrogens is 220 g/mol. The molecule has 0 fully saturated rings. The van der Waals surface area contributed by atoms with E-state index in [1.165, 1.54) is 0 Å². The number of aliphatic hydroxyl groups excluding tert-OH is 1. The Hall–Kier alpha value is -0.950. The lowest BCUT2D eigenvalue weighted by Gasteiger charge is -2.08. The lowest BCUT2D eigenvalue weighted by Crippen LogP contribution is -2.15. The van der Waals surface area contributed by atoms with Gasteiger partial charge in [-0.25, -0.2) is 0 Å². The Bertz CT molecular complexity index is 393. The molecule has 0 aromatic heterocycles. The van der Waals surface area contributed by atoms with Crippen LogP contribution in [0.2, 0.25) is 0 Å². The van der Waals surface area contributed by atoms with Crippen LogP contribution in [0.4, 0.5) is 0 Å². The lowest BCUT2D eigenvalue weighted by molar-refractivity contribution is 0.142. The third-order valence-electron chi connectivity index (χ3n) is 1.95. The van der Waals surface area contributed by atoms with Gasteiger partial charge < -0.3 is 10.2 Å². The molecule has 3 heteroatoms. The predicted molar refractivity (Wildman–Crippen MR) is 67.3 cm³/mol. The van der Waals surface area contributed by atoms with Gasteiger partial charge in [-0.2, -0.15) is 0 Å². The molecule has 1 aromatic carbocycles. The van der Waals surface area contributed by atoms with Crippen LogP contribution < -0.4 is 0 Å². The summed E-state index contributed by atoms with van der Waals surface area (Å²) in [5, 5.41) is 19.2. The molecule has 86 valence electrons. The number of thioether (sulfide) groups is 1. The first-order valence-electron chi connectivity index (χ1n) is 4.99. The van der Waals surface area contributed by atoms with Crippen LogP contribution in [-0.4, -0.2) is 22.1 Å². The molecule has 2 nitrogen and oxygen atoms in total. The summed E-state index contributed by atoms with van der Waals surface area (Å²) in [7, 11) is 0. The van der Waals surface area contributed by atoms with Gasteiger partial charge in [0.25, 0.3) is 0 Å². The quantitative estimate of drug-likeness (QED) is 0.611. The van der Waals surface area contributed by atoms with Crippen LogP contribution in [0.25, 0.3) is 0 Å². The molecule has 0 amide bonds. The Morgan fingerprint density at radius 2 is 1.81 bits per heavy atom. The fourth-order valence-electron chi connectivity index (χ4n) is 1.11. The minimum atomic E-state index is -1.07. The van der Waals surface area contributed by atoms with Crippen LogP contribution in [0.5, 0.6) is 0 Å². The smallest absolute Gasteiger partial charge is 0.140 e. The first kappa shape index (κ1) is 13.1. The Kier molecular flexibility index (Phi) is 4.43. The monoisotopic (exact) mass is 236 g/mol. The highest BCUT2D eigenvalue weighted by Crippen LogP contribution is 2.18. The van der Waals surface area contributed by atoms with Crippen molar-refractivity contribution in [3.63, 3.8) is 0 Å². The molecule has 1 rings (SSSR count). The molecule has 0 aliphatic rings. The summed E-state index contributed by atoms with van der Waals surface area (Å²) in [6, 6.07) is 7.56. The Balaban J connectivity index is 2.79. The van der Waals surface area contributed by atoms with Gasteiger partial charge in [0, 0.05) is 4.90 Å². The molecule has 0 saturated heterocycles. The molecule has 0 unspecified atom stereocenters. The van der Waals surface area contributed by atoms with E-state index in [4.69, 9.17) is 0 Å². The average Bonchev–Trinajstić information content (AvgIpc) is 2.25. The topological polar surface area (TPSA) is 40.5 Å². The molecule has 1 atom stereocenters. The molecule has 0 bridgehead atoms. The van der Waals surface area contributed by atoms with Gasteiger partial charge in [0.1, 0.15) is 11.7 Å². The third kappa shape index (κ3) is 4.28. The average molecular weight is 236 g/mol. The second-order valence-electron chi connectivity index (χ2n) is 4.00. The van der Waals surface area contributed by atoms with Crippen molar-refractivity contribution in [3.05, 3.63) is 29.8 Å². The van der Waals surface area contributed by atoms with E-state index < -0.39 is 11.7 Å². The van der Waals surface area contributed by atoms with Crippen molar-refractivity contribution in [1.29, 1.82) is 0 Å². The summed E-state index contributed by atoms with van der Waals surface area (Å²) in [6.45, 7) is 3.17. The van der Waals surface area contributed by atoms with Crippen molar-refractivity contribution < 1.29 is 10.2 Å². The number of rotatable bonds is 2. The molecule has 0 spiro atoms. The summed E-state index contributed by atoms with van der Waals surface area (Å²) in [6.07, 6.45) is 1.15. The zero-order valence-corrected chi connectivity index (χ0v) is 10.5. The van der Waals surface area contributed by atoms with E-state index >= 15 is 0 Å². The number of hydrogen-bond donors (Lipinski definition) is 2. The van der Waals surface area contributed by atoms with Crippen LogP contribution in [0.15, 0.2) is 29.2 Å². The maximum absolute atomic E-state index is 9.76. The van der Waals surface area contributed by atoms with Gasteiger partial charge in [-0.15, -0.1) is 11.8 Å². The van der Waals surface area contributed by atoms with Crippen LogP contribution in [0, 0.1) is 11.8 Å². The standard InChI is InChI=1S/C13H16O2S/c1-13(2,15)9-8-12(14)10-4-6-11(16-3)7-5-10/h4-7,12,14-15H,1-3H3/t12-/m0/s1. The van der Waals surface area contributed by atoms with Crippen LogP contribution in [0.3, 0.4) is 0 Å². The highest BCUT2D eigenvalue weighted by atomic mass is 32.2. The van der Waals surface area contributed by atoms with Crippen molar-refractivity contribution in [2.45, 2.75) is 30.4 Å². The molecule has 16 heavy (non-hydrogen) atoms. The SMILES string of the molecule is CSc1ccc([C@@H](O)C#CC(C)(C)O)cc1. The summed E-state index contributed by atoms with van der Waals surface area (Å²) in [5.74, 6) is 5.22. The minimum Gasteiger partial charge on any atom is -0.378 e. The lowest BCUT2D eigenvalue weighted by atomic mass is 10.1. The van der Waals surface area contributed by atoms with Crippen molar-refractivity contribution in [2.75, 3.05) is 6.26 Å². The Morgan fingerprint density at radius 1 is 1.25 bits per heavy atom. The third-order valence-corrected chi connectivity index (χ3v) is 2.69. The van der Waals surface area contributed by atoms with E-state index in [2.05, 4.69) is 11.8 Å².